The first-order chi connectivity index (χ1) is 16.7. The molecule has 1 aromatic heterocycles. The second kappa shape index (κ2) is 9.11. The number of anilines is 3. The van der Waals surface area contributed by atoms with Crippen LogP contribution in [-0.4, -0.2) is 54.6 Å². The topological polar surface area (TPSA) is 51.7 Å². The Morgan fingerprint density at radius 3 is 2.44 bits per heavy atom. The summed E-state index contributed by atoms with van der Waals surface area (Å²) in [4.78, 5) is 24.5. The van der Waals surface area contributed by atoms with Gasteiger partial charge in [-0.15, -0.1) is 0 Å². The highest BCUT2D eigenvalue weighted by atomic mass is 16.2. The zero-order valence-corrected chi connectivity index (χ0v) is 19.5. The molecule has 0 spiro atoms. The number of hydrogen-bond donors (Lipinski definition) is 1. The SMILES string of the molecule is O=C1Nc2cc(CN3CCN(c4ccc(-c5ccccc5)cc4)CC3)cnc2N2CCCC[C@@H]12. The maximum Gasteiger partial charge on any atom is 0.247 e. The number of amides is 1. The summed E-state index contributed by atoms with van der Waals surface area (Å²) in [6.45, 7) is 5.83. The largest absolute Gasteiger partial charge is 0.369 e. The Morgan fingerprint density at radius 2 is 1.65 bits per heavy atom. The van der Waals surface area contributed by atoms with Gasteiger partial charge in [-0.2, -0.15) is 0 Å². The van der Waals surface area contributed by atoms with Crippen molar-refractivity contribution in [1.29, 1.82) is 0 Å². The minimum atomic E-state index is -0.0468. The molecule has 0 unspecified atom stereocenters. The van der Waals surface area contributed by atoms with E-state index in [1.165, 1.54) is 16.8 Å². The molecule has 34 heavy (non-hydrogen) atoms. The summed E-state index contributed by atoms with van der Waals surface area (Å²) >= 11 is 0. The second-order valence-corrected chi connectivity index (χ2v) is 9.59. The second-order valence-electron chi connectivity index (χ2n) is 9.59. The number of piperazine rings is 1. The third-order valence-electron chi connectivity index (χ3n) is 7.38. The molecule has 3 aliphatic rings. The van der Waals surface area contributed by atoms with Crippen LogP contribution in [0.25, 0.3) is 11.1 Å². The van der Waals surface area contributed by atoms with E-state index in [0.717, 1.165) is 75.6 Å². The quantitative estimate of drug-likeness (QED) is 0.635. The van der Waals surface area contributed by atoms with Crippen LogP contribution in [0.5, 0.6) is 0 Å². The molecule has 2 fully saturated rings. The zero-order valence-electron chi connectivity index (χ0n) is 19.5. The van der Waals surface area contributed by atoms with Gasteiger partial charge in [-0.25, -0.2) is 4.98 Å². The molecular weight excluding hydrogens is 422 g/mol. The molecule has 6 heteroatoms. The lowest BCUT2D eigenvalue weighted by Gasteiger charge is -2.40. The molecule has 1 N–H and O–H groups in total. The van der Waals surface area contributed by atoms with Gasteiger partial charge >= 0.3 is 0 Å². The van der Waals surface area contributed by atoms with E-state index in [1.807, 2.05) is 6.20 Å². The average molecular weight is 454 g/mol. The number of aromatic nitrogens is 1. The van der Waals surface area contributed by atoms with Gasteiger partial charge in [0, 0.05) is 51.2 Å². The lowest BCUT2D eigenvalue weighted by molar-refractivity contribution is -0.118. The molecule has 2 saturated heterocycles. The Balaban J connectivity index is 1.08. The first-order valence-electron chi connectivity index (χ1n) is 12.4. The van der Waals surface area contributed by atoms with Gasteiger partial charge in [-0.05, 0) is 54.2 Å². The van der Waals surface area contributed by atoms with E-state index in [2.05, 4.69) is 80.7 Å². The van der Waals surface area contributed by atoms with Gasteiger partial charge < -0.3 is 15.1 Å². The van der Waals surface area contributed by atoms with Crippen LogP contribution >= 0.6 is 0 Å². The average Bonchev–Trinajstić information content (AvgIpc) is 2.90. The number of carbonyl (C=O) groups is 1. The summed E-state index contributed by atoms with van der Waals surface area (Å²) in [7, 11) is 0. The number of benzene rings is 2. The molecule has 4 heterocycles. The third kappa shape index (κ3) is 4.14. The first-order valence-corrected chi connectivity index (χ1v) is 12.4. The van der Waals surface area contributed by atoms with Crippen LogP contribution in [0.3, 0.4) is 0 Å². The molecule has 0 bridgehead atoms. The highest BCUT2D eigenvalue weighted by Gasteiger charge is 2.35. The number of fused-ring (bicyclic) bond motifs is 3. The van der Waals surface area contributed by atoms with Crippen molar-refractivity contribution in [2.45, 2.75) is 31.8 Å². The molecule has 2 aromatic carbocycles. The van der Waals surface area contributed by atoms with E-state index in [-0.39, 0.29) is 11.9 Å². The van der Waals surface area contributed by atoms with Gasteiger partial charge in [0.1, 0.15) is 6.04 Å². The Kier molecular flexibility index (Phi) is 5.67. The predicted octanol–water partition coefficient (Wildman–Crippen LogP) is 4.38. The smallest absolute Gasteiger partial charge is 0.247 e. The molecule has 0 radical (unpaired) electrons. The molecular formula is C28H31N5O. The summed E-state index contributed by atoms with van der Waals surface area (Å²) < 4.78 is 0. The van der Waals surface area contributed by atoms with E-state index < -0.39 is 0 Å². The lowest BCUT2D eigenvalue weighted by atomic mass is 9.99. The van der Waals surface area contributed by atoms with E-state index >= 15 is 0 Å². The maximum atomic E-state index is 12.6. The summed E-state index contributed by atoms with van der Waals surface area (Å²) in [5.41, 5.74) is 5.83. The van der Waals surface area contributed by atoms with Crippen molar-refractivity contribution < 1.29 is 4.79 Å². The minimum Gasteiger partial charge on any atom is -0.369 e. The molecule has 0 aliphatic carbocycles. The van der Waals surface area contributed by atoms with E-state index in [9.17, 15) is 4.79 Å². The van der Waals surface area contributed by atoms with Crippen LogP contribution in [0.4, 0.5) is 17.2 Å². The number of rotatable bonds is 4. The normalized spacial score (nSPS) is 20.5. The summed E-state index contributed by atoms with van der Waals surface area (Å²) in [6.07, 6.45) is 5.17. The molecule has 6 rings (SSSR count). The Hall–Kier alpha value is -3.38. The summed E-state index contributed by atoms with van der Waals surface area (Å²) in [6, 6.07) is 21.5. The number of pyridine rings is 1. The van der Waals surface area contributed by atoms with Crippen molar-refractivity contribution in [1.82, 2.24) is 9.88 Å². The molecule has 174 valence electrons. The highest BCUT2D eigenvalue weighted by Crippen LogP contribution is 2.35. The van der Waals surface area contributed by atoms with Crippen molar-refractivity contribution in [2.24, 2.45) is 0 Å². The van der Waals surface area contributed by atoms with Gasteiger partial charge in [0.15, 0.2) is 5.82 Å². The fraction of sp³-hybridized carbons (Fsp3) is 0.357. The van der Waals surface area contributed by atoms with Crippen LogP contribution in [0, 0.1) is 0 Å². The molecule has 1 amide bonds. The van der Waals surface area contributed by atoms with Crippen LogP contribution in [0.1, 0.15) is 24.8 Å². The summed E-state index contributed by atoms with van der Waals surface area (Å²) in [5, 5.41) is 3.11. The van der Waals surface area contributed by atoms with Crippen LogP contribution in [-0.2, 0) is 11.3 Å². The number of hydrogen-bond acceptors (Lipinski definition) is 5. The summed E-state index contributed by atoms with van der Waals surface area (Å²) in [5.74, 6) is 1.06. The van der Waals surface area contributed by atoms with Crippen LogP contribution < -0.4 is 15.1 Å². The lowest BCUT2D eigenvalue weighted by Crippen LogP contribution is -2.51. The van der Waals surface area contributed by atoms with Gasteiger partial charge in [0.2, 0.25) is 5.91 Å². The molecule has 3 aromatic rings. The van der Waals surface area contributed by atoms with Gasteiger partial charge in [-0.3, -0.25) is 9.69 Å². The Labute approximate surface area is 201 Å². The maximum absolute atomic E-state index is 12.6. The standard InChI is InChI=1S/C28H31N5O/c34-28-26-8-4-5-13-33(26)27-25(30-28)18-21(19-29-27)20-31-14-16-32(17-15-31)24-11-9-23(10-12-24)22-6-2-1-3-7-22/h1-3,6-7,9-12,18-19,26H,4-5,8,13-17,20H2,(H,30,34)/t26-/m0/s1. The predicted molar refractivity (Wildman–Crippen MR) is 137 cm³/mol. The number of carbonyl (C=O) groups excluding carboxylic acids is 1. The van der Waals surface area contributed by atoms with Crippen molar-refractivity contribution >= 4 is 23.1 Å². The van der Waals surface area contributed by atoms with Crippen LogP contribution in [0.2, 0.25) is 0 Å². The van der Waals surface area contributed by atoms with Crippen molar-refractivity contribution in [3.63, 3.8) is 0 Å². The van der Waals surface area contributed by atoms with Gasteiger partial charge in [-0.1, -0.05) is 42.5 Å². The van der Waals surface area contributed by atoms with Crippen molar-refractivity contribution in [3.8, 4) is 11.1 Å². The Bertz CT molecular complexity index is 1160. The minimum absolute atomic E-state index is 0.0468. The number of piperidine rings is 1. The fourth-order valence-corrected chi connectivity index (χ4v) is 5.50. The van der Waals surface area contributed by atoms with E-state index in [1.54, 1.807) is 0 Å². The zero-order chi connectivity index (χ0) is 22.9. The fourth-order valence-electron chi connectivity index (χ4n) is 5.50. The Morgan fingerprint density at radius 1 is 0.882 bits per heavy atom. The highest BCUT2D eigenvalue weighted by molar-refractivity contribution is 6.02. The molecule has 1 atom stereocenters. The number of nitrogens with one attached hydrogen (secondary N) is 1. The van der Waals surface area contributed by atoms with E-state index in [4.69, 9.17) is 4.98 Å². The molecule has 3 aliphatic heterocycles. The van der Waals surface area contributed by atoms with Crippen molar-refractivity contribution in [2.75, 3.05) is 47.8 Å². The molecule has 6 nitrogen and oxygen atoms in total. The van der Waals surface area contributed by atoms with Crippen molar-refractivity contribution in [3.05, 3.63) is 72.4 Å². The van der Waals surface area contributed by atoms with Gasteiger partial charge in [0.25, 0.3) is 0 Å². The number of nitrogens with zero attached hydrogens (tertiary/aromatic N) is 4. The van der Waals surface area contributed by atoms with Gasteiger partial charge in [0.05, 0.1) is 5.69 Å². The van der Waals surface area contributed by atoms with E-state index in [0.29, 0.717) is 0 Å². The first kappa shape index (κ1) is 21.2. The molecule has 0 saturated carbocycles. The van der Waals surface area contributed by atoms with Crippen LogP contribution in [0.15, 0.2) is 66.9 Å². The monoisotopic (exact) mass is 453 g/mol. The third-order valence-corrected chi connectivity index (χ3v) is 7.38.